The van der Waals surface area contributed by atoms with Gasteiger partial charge in [0.2, 0.25) is 5.91 Å². The van der Waals surface area contributed by atoms with Gasteiger partial charge >= 0.3 is 0 Å². The number of amides is 1. The molecule has 1 N–H and O–H groups in total. The van der Waals surface area contributed by atoms with Crippen molar-refractivity contribution in [3.8, 4) is 11.5 Å². The molecule has 0 bridgehead atoms. The summed E-state index contributed by atoms with van der Waals surface area (Å²) in [5.41, 5.74) is 3.57. The normalized spacial score (nSPS) is 21.3. The van der Waals surface area contributed by atoms with E-state index in [4.69, 9.17) is 4.74 Å². The molecular formula is C20H21BrN2O2. The SMILES string of the molecule is CC(=O)N[C@H]1CCN2c3ccc(Br)cc3Oc3cccc(C)c3[C@@H]2C1. The molecule has 1 fully saturated rings. The van der Waals surface area contributed by atoms with Gasteiger partial charge in [-0.05, 0) is 49.6 Å². The van der Waals surface area contributed by atoms with Crippen molar-refractivity contribution >= 4 is 27.5 Å². The highest BCUT2D eigenvalue weighted by Gasteiger charge is 2.36. The van der Waals surface area contributed by atoms with Gasteiger partial charge in [-0.2, -0.15) is 0 Å². The van der Waals surface area contributed by atoms with E-state index < -0.39 is 0 Å². The number of anilines is 1. The van der Waals surface area contributed by atoms with Crippen molar-refractivity contribution in [1.29, 1.82) is 0 Å². The highest BCUT2D eigenvalue weighted by atomic mass is 79.9. The Balaban J connectivity index is 1.83. The number of piperidine rings is 1. The molecule has 0 aromatic heterocycles. The van der Waals surface area contributed by atoms with Gasteiger partial charge in [0, 0.05) is 29.5 Å². The van der Waals surface area contributed by atoms with E-state index in [1.807, 2.05) is 18.2 Å². The van der Waals surface area contributed by atoms with Crippen LogP contribution in [0.25, 0.3) is 0 Å². The van der Waals surface area contributed by atoms with Crippen LogP contribution < -0.4 is 15.0 Å². The third-order valence-corrected chi connectivity index (χ3v) is 5.57. The number of nitrogens with zero attached hydrogens (tertiary/aromatic N) is 1. The summed E-state index contributed by atoms with van der Waals surface area (Å²) in [7, 11) is 0. The fourth-order valence-corrected chi connectivity index (χ4v) is 4.38. The number of fused-ring (bicyclic) bond motifs is 5. The minimum atomic E-state index is 0.0395. The van der Waals surface area contributed by atoms with Gasteiger partial charge in [0.15, 0.2) is 5.75 Å². The molecule has 2 atom stereocenters. The third-order valence-electron chi connectivity index (χ3n) is 5.08. The van der Waals surface area contributed by atoms with Crippen molar-refractivity contribution in [1.82, 2.24) is 5.32 Å². The Morgan fingerprint density at radius 2 is 2.12 bits per heavy atom. The van der Waals surface area contributed by atoms with Crippen molar-refractivity contribution in [2.24, 2.45) is 0 Å². The van der Waals surface area contributed by atoms with E-state index in [0.29, 0.717) is 0 Å². The third kappa shape index (κ3) is 3.01. The smallest absolute Gasteiger partial charge is 0.217 e. The van der Waals surface area contributed by atoms with Crippen LogP contribution in [-0.4, -0.2) is 18.5 Å². The van der Waals surface area contributed by atoms with E-state index in [9.17, 15) is 4.79 Å². The summed E-state index contributed by atoms with van der Waals surface area (Å²) in [5.74, 6) is 1.83. The lowest BCUT2D eigenvalue weighted by Gasteiger charge is -2.41. The minimum Gasteiger partial charge on any atom is -0.455 e. The fraction of sp³-hybridized carbons (Fsp3) is 0.350. The molecule has 2 aromatic rings. The molecule has 25 heavy (non-hydrogen) atoms. The van der Waals surface area contributed by atoms with E-state index in [1.54, 1.807) is 6.92 Å². The maximum atomic E-state index is 11.5. The molecule has 1 amide bonds. The molecule has 0 spiro atoms. The topological polar surface area (TPSA) is 41.6 Å². The van der Waals surface area contributed by atoms with E-state index in [0.717, 1.165) is 41.0 Å². The zero-order valence-electron chi connectivity index (χ0n) is 14.4. The number of nitrogens with one attached hydrogen (secondary N) is 1. The van der Waals surface area contributed by atoms with Gasteiger partial charge in [-0.3, -0.25) is 4.79 Å². The van der Waals surface area contributed by atoms with E-state index in [-0.39, 0.29) is 18.0 Å². The van der Waals surface area contributed by atoms with Gasteiger partial charge in [0.1, 0.15) is 5.75 Å². The van der Waals surface area contributed by atoms with Gasteiger partial charge in [-0.15, -0.1) is 0 Å². The van der Waals surface area contributed by atoms with Gasteiger partial charge in [0.25, 0.3) is 0 Å². The summed E-state index contributed by atoms with van der Waals surface area (Å²) in [5, 5.41) is 3.10. The number of aryl methyl sites for hydroxylation is 1. The predicted molar refractivity (Wildman–Crippen MR) is 102 cm³/mol. The molecular weight excluding hydrogens is 380 g/mol. The first-order chi connectivity index (χ1) is 12.0. The van der Waals surface area contributed by atoms with Gasteiger partial charge in [-0.1, -0.05) is 28.1 Å². The molecule has 0 saturated carbocycles. The largest absolute Gasteiger partial charge is 0.455 e. The van der Waals surface area contributed by atoms with Crippen LogP contribution >= 0.6 is 15.9 Å². The average molecular weight is 401 g/mol. The maximum absolute atomic E-state index is 11.5. The lowest BCUT2D eigenvalue weighted by atomic mass is 9.88. The zero-order chi connectivity index (χ0) is 17.6. The number of ether oxygens (including phenoxy) is 1. The number of benzene rings is 2. The number of carbonyl (C=O) groups is 1. The Labute approximate surface area is 156 Å². The van der Waals surface area contributed by atoms with Crippen molar-refractivity contribution in [2.75, 3.05) is 11.4 Å². The highest BCUT2D eigenvalue weighted by molar-refractivity contribution is 9.10. The van der Waals surface area contributed by atoms with Crippen LogP contribution in [0.4, 0.5) is 5.69 Å². The Morgan fingerprint density at radius 1 is 1.28 bits per heavy atom. The average Bonchev–Trinajstić information content (AvgIpc) is 2.68. The summed E-state index contributed by atoms with van der Waals surface area (Å²) in [4.78, 5) is 14.0. The first kappa shape index (κ1) is 16.5. The van der Waals surface area contributed by atoms with Crippen molar-refractivity contribution in [2.45, 2.75) is 38.8 Å². The Morgan fingerprint density at radius 3 is 2.92 bits per heavy atom. The molecule has 0 unspecified atom stereocenters. The summed E-state index contributed by atoms with van der Waals surface area (Å²) in [6.45, 7) is 4.62. The summed E-state index contributed by atoms with van der Waals surface area (Å²) >= 11 is 3.55. The number of hydrogen-bond donors (Lipinski definition) is 1. The molecule has 2 aliphatic rings. The Kier molecular flexibility index (Phi) is 4.20. The minimum absolute atomic E-state index is 0.0395. The number of carbonyl (C=O) groups excluding carboxylic acids is 1. The lowest BCUT2D eigenvalue weighted by Crippen LogP contribution is -2.45. The number of hydrogen-bond acceptors (Lipinski definition) is 3. The lowest BCUT2D eigenvalue weighted by molar-refractivity contribution is -0.119. The van der Waals surface area contributed by atoms with E-state index in [2.05, 4.69) is 51.3 Å². The van der Waals surface area contributed by atoms with Crippen LogP contribution in [0.1, 0.15) is 36.9 Å². The second-order valence-electron chi connectivity index (χ2n) is 6.83. The maximum Gasteiger partial charge on any atom is 0.217 e. The van der Waals surface area contributed by atoms with Crippen molar-refractivity contribution in [3.63, 3.8) is 0 Å². The first-order valence-electron chi connectivity index (χ1n) is 8.63. The molecule has 5 heteroatoms. The van der Waals surface area contributed by atoms with Crippen molar-refractivity contribution in [3.05, 3.63) is 52.0 Å². The number of halogens is 1. The molecule has 1 saturated heterocycles. The molecule has 130 valence electrons. The second kappa shape index (κ2) is 6.37. The van der Waals surface area contributed by atoms with Crippen LogP contribution in [0.3, 0.4) is 0 Å². The Bertz CT molecular complexity index is 836. The summed E-state index contributed by atoms with van der Waals surface area (Å²) < 4.78 is 7.32. The first-order valence-corrected chi connectivity index (χ1v) is 9.43. The molecule has 2 heterocycles. The molecule has 2 aliphatic heterocycles. The van der Waals surface area contributed by atoms with Crippen LogP contribution in [0.2, 0.25) is 0 Å². The quantitative estimate of drug-likeness (QED) is 0.753. The van der Waals surface area contributed by atoms with Crippen LogP contribution in [0.5, 0.6) is 11.5 Å². The zero-order valence-corrected chi connectivity index (χ0v) is 16.0. The summed E-state index contributed by atoms with van der Waals surface area (Å²) in [6.07, 6.45) is 1.82. The van der Waals surface area contributed by atoms with Gasteiger partial charge in [-0.25, -0.2) is 0 Å². The monoisotopic (exact) mass is 400 g/mol. The van der Waals surface area contributed by atoms with Crippen LogP contribution in [0, 0.1) is 6.92 Å². The molecule has 4 nitrogen and oxygen atoms in total. The molecule has 0 aliphatic carbocycles. The molecule has 4 rings (SSSR count). The van der Waals surface area contributed by atoms with E-state index >= 15 is 0 Å². The highest BCUT2D eigenvalue weighted by Crippen LogP contribution is 2.49. The number of rotatable bonds is 1. The van der Waals surface area contributed by atoms with E-state index in [1.165, 1.54) is 11.1 Å². The standard InChI is InChI=1S/C20H21BrN2O2/c1-12-4-3-5-18-20(12)17-11-15(22-13(2)24)8-9-23(17)16-7-6-14(21)10-19(16)25-18/h3-7,10,15,17H,8-9,11H2,1-2H3,(H,22,24)/t15-,17-/m0/s1. The Hall–Kier alpha value is -2.01. The fourth-order valence-electron chi connectivity index (χ4n) is 4.04. The molecule has 2 aromatic carbocycles. The van der Waals surface area contributed by atoms with Crippen LogP contribution in [0.15, 0.2) is 40.9 Å². The second-order valence-corrected chi connectivity index (χ2v) is 7.75. The van der Waals surface area contributed by atoms with Gasteiger partial charge in [0.05, 0.1) is 11.7 Å². The van der Waals surface area contributed by atoms with Crippen LogP contribution in [-0.2, 0) is 4.79 Å². The summed E-state index contributed by atoms with van der Waals surface area (Å²) in [6, 6.07) is 12.8. The van der Waals surface area contributed by atoms with Gasteiger partial charge < -0.3 is 15.0 Å². The van der Waals surface area contributed by atoms with Crippen molar-refractivity contribution < 1.29 is 9.53 Å². The molecule has 0 radical (unpaired) electrons. The predicted octanol–water partition coefficient (Wildman–Crippen LogP) is 4.71.